The molecule has 0 aliphatic heterocycles. The van der Waals surface area contributed by atoms with E-state index in [1.165, 1.54) is 12.4 Å². The fourth-order valence-electron chi connectivity index (χ4n) is 2.01. The Balaban J connectivity index is 2.00. The second-order valence-corrected chi connectivity index (χ2v) is 8.50. The number of allylic oxidation sites excluding steroid dienone is 1. The molecule has 122 valence electrons. The lowest BCUT2D eigenvalue weighted by molar-refractivity contribution is -0.464. The van der Waals surface area contributed by atoms with Gasteiger partial charge in [-0.3, -0.25) is 0 Å². The molecule has 2 rings (SSSR count). The number of sulfone groups is 1. The van der Waals surface area contributed by atoms with E-state index in [2.05, 4.69) is 4.98 Å². The van der Waals surface area contributed by atoms with Gasteiger partial charge in [0.25, 0.3) is 6.08 Å². The van der Waals surface area contributed by atoms with E-state index in [1.54, 1.807) is 0 Å². The third kappa shape index (κ3) is 4.84. The molecule has 1 aromatic rings. The van der Waals surface area contributed by atoms with Crippen LogP contribution in [0.15, 0.2) is 22.7 Å². The van der Waals surface area contributed by atoms with Gasteiger partial charge in [0, 0.05) is 5.92 Å². The van der Waals surface area contributed by atoms with Crippen molar-refractivity contribution in [2.75, 3.05) is 12.3 Å². The first-order valence-corrected chi connectivity index (χ1v) is 9.32. The van der Waals surface area contributed by atoms with E-state index in [9.17, 15) is 22.4 Å². The molecule has 5 nitrogen and oxygen atoms in total. The molecule has 0 atom stereocenters. The van der Waals surface area contributed by atoms with Crippen LogP contribution in [-0.2, 0) is 9.84 Å². The number of thiazole rings is 1. The molecule has 0 amide bonds. The standard InChI is InChI=1S/C13H16F2N2O3S2/c14-12(15)5-2-6-22(19,20)13-16-7-11(21-13)9-17(18)8-10-3-1-4-10/h5,7,9-10H,1-4,6,8H2/b17-9-. The normalized spacial score (nSPS) is 16.4. The molecule has 0 unspecified atom stereocenters. The highest BCUT2D eigenvalue weighted by Crippen LogP contribution is 2.26. The van der Waals surface area contributed by atoms with Crippen molar-refractivity contribution in [1.82, 2.24) is 4.98 Å². The van der Waals surface area contributed by atoms with Crippen molar-refractivity contribution in [1.29, 1.82) is 0 Å². The van der Waals surface area contributed by atoms with Crippen molar-refractivity contribution < 1.29 is 21.9 Å². The fraction of sp³-hybridized carbons (Fsp3) is 0.538. The average molecular weight is 350 g/mol. The van der Waals surface area contributed by atoms with Crippen molar-refractivity contribution in [3.05, 3.63) is 28.4 Å². The van der Waals surface area contributed by atoms with Crippen LogP contribution >= 0.6 is 11.3 Å². The third-order valence-corrected chi connectivity index (χ3v) is 6.54. The molecule has 0 aromatic carbocycles. The maximum Gasteiger partial charge on any atom is 0.266 e. The largest absolute Gasteiger partial charge is 0.624 e. The molecule has 1 heterocycles. The average Bonchev–Trinajstić information content (AvgIpc) is 2.82. The number of hydrogen-bond donors (Lipinski definition) is 0. The summed E-state index contributed by atoms with van der Waals surface area (Å²) in [5.74, 6) is -0.0206. The molecule has 0 spiro atoms. The summed E-state index contributed by atoms with van der Waals surface area (Å²) in [5, 5.41) is 11.7. The Morgan fingerprint density at radius 2 is 2.23 bits per heavy atom. The highest BCUT2D eigenvalue weighted by Gasteiger charge is 2.22. The van der Waals surface area contributed by atoms with Crippen LogP contribution in [0.25, 0.3) is 0 Å². The molecule has 0 radical (unpaired) electrons. The van der Waals surface area contributed by atoms with Gasteiger partial charge in [-0.1, -0.05) is 17.8 Å². The molecule has 0 saturated heterocycles. The van der Waals surface area contributed by atoms with Crippen LogP contribution in [0.4, 0.5) is 8.78 Å². The van der Waals surface area contributed by atoms with E-state index in [0.29, 0.717) is 23.4 Å². The summed E-state index contributed by atoms with van der Waals surface area (Å²) in [6.07, 6.45) is 4.29. The summed E-state index contributed by atoms with van der Waals surface area (Å²) in [5.41, 5.74) is 0. The molecule has 1 aliphatic carbocycles. The molecular formula is C13H16F2N2O3S2. The Morgan fingerprint density at radius 1 is 1.50 bits per heavy atom. The number of hydrogen-bond acceptors (Lipinski definition) is 5. The number of hydroxylamine groups is 1. The Kier molecular flexibility index (Phi) is 5.63. The summed E-state index contributed by atoms with van der Waals surface area (Å²) in [6.45, 7) is 0.403. The van der Waals surface area contributed by atoms with Gasteiger partial charge in [0.2, 0.25) is 14.2 Å². The molecule has 1 aliphatic rings. The van der Waals surface area contributed by atoms with Crippen LogP contribution in [-0.4, -0.2) is 36.7 Å². The monoisotopic (exact) mass is 350 g/mol. The van der Waals surface area contributed by atoms with Crippen LogP contribution < -0.4 is 0 Å². The second kappa shape index (κ2) is 7.28. The Bertz CT molecular complexity index is 675. The van der Waals surface area contributed by atoms with E-state index in [-0.39, 0.29) is 10.8 Å². The lowest BCUT2D eigenvalue weighted by Crippen LogP contribution is -2.22. The lowest BCUT2D eigenvalue weighted by atomic mass is 9.86. The SMILES string of the molecule is O=S(=O)(CCC=C(F)F)c1ncc(/C=[N+](\[O-])CC2CCC2)s1. The van der Waals surface area contributed by atoms with Gasteiger partial charge >= 0.3 is 0 Å². The second-order valence-electron chi connectivity index (χ2n) is 5.16. The minimum absolute atomic E-state index is 0.150. The minimum atomic E-state index is -3.70. The minimum Gasteiger partial charge on any atom is -0.624 e. The van der Waals surface area contributed by atoms with Crippen LogP contribution in [0.5, 0.6) is 0 Å². The maximum absolute atomic E-state index is 11.9. The predicted octanol–water partition coefficient (Wildman–Crippen LogP) is 2.82. The predicted molar refractivity (Wildman–Crippen MR) is 80.1 cm³/mol. The van der Waals surface area contributed by atoms with E-state index in [1.807, 2.05) is 0 Å². The summed E-state index contributed by atoms with van der Waals surface area (Å²) >= 11 is 0.875. The first kappa shape index (κ1) is 17.0. The molecule has 0 bridgehead atoms. The zero-order chi connectivity index (χ0) is 16.2. The lowest BCUT2D eigenvalue weighted by Gasteiger charge is -2.23. The molecule has 0 N–H and O–H groups in total. The van der Waals surface area contributed by atoms with Gasteiger partial charge in [-0.2, -0.15) is 8.78 Å². The van der Waals surface area contributed by atoms with Gasteiger partial charge in [-0.05, 0) is 25.3 Å². The van der Waals surface area contributed by atoms with Crippen LogP contribution in [0, 0.1) is 11.1 Å². The van der Waals surface area contributed by atoms with Crippen molar-refractivity contribution in [3.8, 4) is 0 Å². The highest BCUT2D eigenvalue weighted by atomic mass is 32.2. The van der Waals surface area contributed by atoms with Crippen LogP contribution in [0.3, 0.4) is 0 Å². The van der Waals surface area contributed by atoms with Gasteiger partial charge in [-0.15, -0.1) is 0 Å². The van der Waals surface area contributed by atoms with E-state index < -0.39 is 21.7 Å². The number of halogens is 2. The number of nitrogens with zero attached hydrogens (tertiary/aromatic N) is 2. The zero-order valence-corrected chi connectivity index (χ0v) is 13.4. The Labute approximate surface area is 131 Å². The van der Waals surface area contributed by atoms with E-state index >= 15 is 0 Å². The quantitative estimate of drug-likeness (QED) is 0.328. The van der Waals surface area contributed by atoms with Gasteiger partial charge in [0.1, 0.15) is 4.88 Å². The smallest absolute Gasteiger partial charge is 0.266 e. The summed E-state index contributed by atoms with van der Waals surface area (Å²) in [7, 11) is -3.70. The first-order chi connectivity index (χ1) is 10.4. The van der Waals surface area contributed by atoms with E-state index in [0.717, 1.165) is 35.3 Å². The van der Waals surface area contributed by atoms with Crippen LogP contribution in [0.1, 0.15) is 30.6 Å². The number of aromatic nitrogens is 1. The molecule has 1 aromatic heterocycles. The van der Waals surface area contributed by atoms with Crippen LogP contribution in [0.2, 0.25) is 0 Å². The molecule has 1 saturated carbocycles. The van der Waals surface area contributed by atoms with Gasteiger partial charge in [0.05, 0.1) is 11.9 Å². The zero-order valence-electron chi connectivity index (χ0n) is 11.7. The summed E-state index contributed by atoms with van der Waals surface area (Å²) in [4.78, 5) is 4.22. The Hall–Kier alpha value is -1.35. The summed E-state index contributed by atoms with van der Waals surface area (Å²) < 4.78 is 48.3. The molecule has 9 heteroatoms. The summed E-state index contributed by atoms with van der Waals surface area (Å²) in [6, 6.07) is 0. The van der Waals surface area contributed by atoms with Gasteiger partial charge < -0.3 is 5.21 Å². The Morgan fingerprint density at radius 3 is 2.82 bits per heavy atom. The maximum atomic E-state index is 11.9. The third-order valence-electron chi connectivity index (χ3n) is 3.39. The molecule has 22 heavy (non-hydrogen) atoms. The first-order valence-electron chi connectivity index (χ1n) is 6.85. The molecule has 1 fully saturated rings. The van der Waals surface area contributed by atoms with Gasteiger partial charge in [0.15, 0.2) is 12.8 Å². The van der Waals surface area contributed by atoms with Gasteiger partial charge in [-0.25, -0.2) is 18.1 Å². The highest BCUT2D eigenvalue weighted by molar-refractivity contribution is 7.93. The van der Waals surface area contributed by atoms with Crippen molar-refractivity contribution >= 4 is 27.4 Å². The molecular weight excluding hydrogens is 334 g/mol. The fourth-order valence-corrected chi connectivity index (χ4v) is 4.45. The topological polar surface area (TPSA) is 73.1 Å². The number of rotatable bonds is 7. The van der Waals surface area contributed by atoms with Crippen molar-refractivity contribution in [2.45, 2.75) is 30.0 Å². The van der Waals surface area contributed by atoms with Crippen molar-refractivity contribution in [2.24, 2.45) is 5.92 Å². The van der Waals surface area contributed by atoms with E-state index in [4.69, 9.17) is 0 Å². The van der Waals surface area contributed by atoms with Crippen molar-refractivity contribution in [3.63, 3.8) is 0 Å².